The standard InChI is InChI=1S/C23H33N5O2/c1-24-23(26-13-8-16-30-21-11-5-4-6-12-21)27-18-19-9-7-10-20(17-19)22(29)25-14-15-28(2)3/h4-7,9-12,17H,8,13-16,18H2,1-3H3,(H,25,29)(H2,24,26,27). The summed E-state index contributed by atoms with van der Waals surface area (Å²) in [6.45, 7) is 3.41. The van der Waals surface area contributed by atoms with Crippen molar-refractivity contribution in [2.75, 3.05) is 47.4 Å². The third-order valence-corrected chi connectivity index (χ3v) is 4.34. The van der Waals surface area contributed by atoms with Crippen molar-refractivity contribution in [3.05, 3.63) is 65.7 Å². The molecule has 2 aromatic carbocycles. The molecule has 0 aliphatic carbocycles. The molecule has 2 aromatic rings. The zero-order valence-electron chi connectivity index (χ0n) is 18.1. The van der Waals surface area contributed by atoms with Crippen molar-refractivity contribution in [1.82, 2.24) is 20.9 Å². The quantitative estimate of drug-likeness (QED) is 0.300. The maximum absolute atomic E-state index is 12.3. The van der Waals surface area contributed by atoms with Crippen LogP contribution in [0.15, 0.2) is 59.6 Å². The van der Waals surface area contributed by atoms with E-state index in [1.165, 1.54) is 0 Å². The first-order chi connectivity index (χ1) is 14.6. The number of aliphatic imine (C=N–C) groups is 1. The molecule has 0 bridgehead atoms. The van der Waals surface area contributed by atoms with E-state index < -0.39 is 0 Å². The Morgan fingerprint density at radius 3 is 2.53 bits per heavy atom. The van der Waals surface area contributed by atoms with E-state index in [0.29, 0.717) is 25.3 Å². The molecule has 2 rings (SSSR count). The molecule has 7 heteroatoms. The van der Waals surface area contributed by atoms with Crippen molar-refractivity contribution in [3.63, 3.8) is 0 Å². The van der Waals surface area contributed by atoms with Gasteiger partial charge in [-0.1, -0.05) is 30.3 Å². The number of guanidine groups is 1. The fraction of sp³-hybridized carbons (Fsp3) is 0.391. The number of hydrogen-bond donors (Lipinski definition) is 3. The van der Waals surface area contributed by atoms with Gasteiger partial charge in [0.15, 0.2) is 5.96 Å². The molecular formula is C23H33N5O2. The third kappa shape index (κ3) is 8.96. The Morgan fingerprint density at radius 2 is 1.80 bits per heavy atom. The molecule has 0 spiro atoms. The van der Waals surface area contributed by atoms with Gasteiger partial charge < -0.3 is 25.6 Å². The molecule has 0 fully saturated rings. The highest BCUT2D eigenvalue weighted by molar-refractivity contribution is 5.94. The molecule has 162 valence electrons. The van der Waals surface area contributed by atoms with Crippen LogP contribution >= 0.6 is 0 Å². The van der Waals surface area contributed by atoms with Crippen molar-refractivity contribution in [2.45, 2.75) is 13.0 Å². The average molecular weight is 412 g/mol. The van der Waals surface area contributed by atoms with Gasteiger partial charge in [-0.05, 0) is 50.3 Å². The van der Waals surface area contributed by atoms with Crippen LogP contribution in [0.4, 0.5) is 0 Å². The Labute approximate surface area is 179 Å². The highest BCUT2D eigenvalue weighted by atomic mass is 16.5. The van der Waals surface area contributed by atoms with Gasteiger partial charge in [0.05, 0.1) is 6.61 Å². The van der Waals surface area contributed by atoms with Crippen LogP contribution in [-0.2, 0) is 6.54 Å². The number of hydrogen-bond acceptors (Lipinski definition) is 4. The first-order valence-electron chi connectivity index (χ1n) is 10.2. The first kappa shape index (κ1) is 23.2. The predicted molar refractivity (Wildman–Crippen MR) is 122 cm³/mol. The highest BCUT2D eigenvalue weighted by Crippen LogP contribution is 2.08. The molecule has 30 heavy (non-hydrogen) atoms. The van der Waals surface area contributed by atoms with Gasteiger partial charge in [0.1, 0.15) is 5.75 Å². The maximum atomic E-state index is 12.3. The molecule has 0 radical (unpaired) electrons. The molecule has 7 nitrogen and oxygen atoms in total. The number of benzene rings is 2. The predicted octanol–water partition coefficient (Wildman–Crippen LogP) is 2.11. The summed E-state index contributed by atoms with van der Waals surface area (Å²) < 4.78 is 5.69. The average Bonchev–Trinajstić information content (AvgIpc) is 2.76. The van der Waals surface area contributed by atoms with Crippen molar-refractivity contribution < 1.29 is 9.53 Å². The van der Waals surface area contributed by atoms with Gasteiger partial charge in [-0.15, -0.1) is 0 Å². The summed E-state index contributed by atoms with van der Waals surface area (Å²) in [6.07, 6.45) is 0.859. The number of para-hydroxylation sites is 1. The van der Waals surface area contributed by atoms with Crippen LogP contribution in [0.1, 0.15) is 22.3 Å². The Hall–Kier alpha value is -3.06. The zero-order valence-corrected chi connectivity index (χ0v) is 18.1. The lowest BCUT2D eigenvalue weighted by Crippen LogP contribution is -2.37. The monoisotopic (exact) mass is 411 g/mol. The van der Waals surface area contributed by atoms with Crippen LogP contribution in [-0.4, -0.2) is 64.2 Å². The number of amides is 1. The van der Waals surface area contributed by atoms with Gasteiger partial charge in [-0.25, -0.2) is 0 Å². The Balaban J connectivity index is 1.70. The topological polar surface area (TPSA) is 78.0 Å². The minimum absolute atomic E-state index is 0.0559. The van der Waals surface area contributed by atoms with Gasteiger partial charge in [-0.3, -0.25) is 9.79 Å². The molecule has 0 atom stereocenters. The van der Waals surface area contributed by atoms with E-state index in [2.05, 4.69) is 20.9 Å². The van der Waals surface area contributed by atoms with Crippen LogP contribution in [0.3, 0.4) is 0 Å². The summed E-state index contributed by atoms with van der Waals surface area (Å²) in [4.78, 5) is 18.6. The Kier molecular flexibility index (Phi) is 10.2. The van der Waals surface area contributed by atoms with Crippen molar-refractivity contribution >= 4 is 11.9 Å². The molecule has 0 aliphatic rings. The lowest BCUT2D eigenvalue weighted by atomic mass is 10.1. The smallest absolute Gasteiger partial charge is 0.251 e. The van der Waals surface area contributed by atoms with Crippen molar-refractivity contribution in [3.8, 4) is 5.75 Å². The number of rotatable bonds is 11. The van der Waals surface area contributed by atoms with E-state index in [0.717, 1.165) is 36.8 Å². The molecule has 0 unspecified atom stereocenters. The summed E-state index contributed by atoms with van der Waals surface area (Å²) in [5, 5.41) is 9.49. The second-order valence-corrected chi connectivity index (χ2v) is 7.13. The molecule has 0 aliphatic heterocycles. The van der Waals surface area contributed by atoms with Crippen molar-refractivity contribution in [1.29, 1.82) is 0 Å². The fourth-order valence-electron chi connectivity index (χ4n) is 2.71. The van der Waals surface area contributed by atoms with E-state index in [1.807, 2.05) is 73.6 Å². The second-order valence-electron chi connectivity index (χ2n) is 7.13. The van der Waals surface area contributed by atoms with Crippen LogP contribution in [0.25, 0.3) is 0 Å². The molecule has 0 saturated carbocycles. The van der Waals surface area contributed by atoms with E-state index in [9.17, 15) is 4.79 Å². The summed E-state index contributed by atoms with van der Waals surface area (Å²) in [5.74, 6) is 1.54. The van der Waals surface area contributed by atoms with Crippen LogP contribution < -0.4 is 20.7 Å². The van der Waals surface area contributed by atoms with E-state index in [1.54, 1.807) is 7.05 Å². The van der Waals surface area contributed by atoms with Gasteiger partial charge >= 0.3 is 0 Å². The van der Waals surface area contributed by atoms with Gasteiger partial charge in [-0.2, -0.15) is 0 Å². The lowest BCUT2D eigenvalue weighted by molar-refractivity contribution is 0.0951. The number of nitrogens with one attached hydrogen (secondary N) is 3. The molecular weight excluding hydrogens is 378 g/mol. The minimum Gasteiger partial charge on any atom is -0.494 e. The number of carbonyl (C=O) groups excluding carboxylic acids is 1. The summed E-state index contributed by atoms with van der Waals surface area (Å²) in [7, 11) is 5.70. The molecule has 0 saturated heterocycles. The van der Waals surface area contributed by atoms with Crippen molar-refractivity contribution in [2.24, 2.45) is 4.99 Å². The van der Waals surface area contributed by atoms with Crippen LogP contribution in [0, 0.1) is 0 Å². The van der Waals surface area contributed by atoms with E-state index in [-0.39, 0.29) is 5.91 Å². The van der Waals surface area contributed by atoms with Gasteiger partial charge in [0.2, 0.25) is 0 Å². The Morgan fingerprint density at radius 1 is 1.00 bits per heavy atom. The molecule has 1 amide bonds. The Bertz CT molecular complexity index is 793. The lowest BCUT2D eigenvalue weighted by Gasteiger charge is -2.13. The second kappa shape index (κ2) is 13.2. The third-order valence-electron chi connectivity index (χ3n) is 4.34. The number of carbonyl (C=O) groups is 1. The molecule has 0 heterocycles. The number of likely N-dealkylation sites (N-methyl/N-ethyl adjacent to an activating group) is 1. The fourth-order valence-corrected chi connectivity index (χ4v) is 2.71. The summed E-state index contributed by atoms with van der Waals surface area (Å²) in [6, 6.07) is 17.4. The largest absolute Gasteiger partial charge is 0.494 e. The van der Waals surface area contributed by atoms with Crippen LogP contribution in [0.2, 0.25) is 0 Å². The van der Waals surface area contributed by atoms with E-state index in [4.69, 9.17) is 4.74 Å². The molecule has 3 N–H and O–H groups in total. The minimum atomic E-state index is -0.0559. The summed E-state index contributed by atoms with van der Waals surface area (Å²) in [5.41, 5.74) is 1.68. The van der Waals surface area contributed by atoms with Gasteiger partial charge in [0, 0.05) is 38.8 Å². The number of ether oxygens (including phenoxy) is 1. The number of nitrogens with zero attached hydrogens (tertiary/aromatic N) is 2. The van der Waals surface area contributed by atoms with Gasteiger partial charge in [0.25, 0.3) is 5.91 Å². The van der Waals surface area contributed by atoms with Crippen LogP contribution in [0.5, 0.6) is 5.75 Å². The highest BCUT2D eigenvalue weighted by Gasteiger charge is 2.06. The SMILES string of the molecule is CN=C(NCCCOc1ccccc1)NCc1cccc(C(=O)NCCN(C)C)c1. The maximum Gasteiger partial charge on any atom is 0.251 e. The zero-order chi connectivity index (χ0) is 21.6. The molecule has 0 aromatic heterocycles. The normalized spacial score (nSPS) is 11.3. The first-order valence-corrected chi connectivity index (χ1v) is 10.2. The summed E-state index contributed by atoms with van der Waals surface area (Å²) >= 11 is 0. The van der Waals surface area contributed by atoms with E-state index >= 15 is 0 Å².